The van der Waals surface area contributed by atoms with Crippen molar-refractivity contribution in [1.29, 1.82) is 0 Å². The van der Waals surface area contributed by atoms with Gasteiger partial charge in [0, 0.05) is 32.1 Å². The Morgan fingerprint density at radius 2 is 1.66 bits per heavy atom. The van der Waals surface area contributed by atoms with Crippen LogP contribution in [-0.2, 0) is 29.0 Å². The molecule has 6 nitrogen and oxygen atoms in total. The van der Waals surface area contributed by atoms with Crippen LogP contribution in [0.1, 0.15) is 42.9 Å². The van der Waals surface area contributed by atoms with E-state index in [-0.39, 0.29) is 17.7 Å². The number of likely N-dealkylation sites (N-methyl/N-ethyl adjacent to an activating group) is 1. The molecule has 2 atom stereocenters. The number of anilines is 1. The number of methoxy groups -OCH3 is 1. The molecule has 3 rings (SSSR count). The van der Waals surface area contributed by atoms with Crippen molar-refractivity contribution in [3.05, 3.63) is 102 Å². The van der Waals surface area contributed by atoms with Gasteiger partial charge in [0.15, 0.2) is 0 Å². The monoisotopic (exact) mass is 514 g/mol. The minimum absolute atomic E-state index is 0.111. The third kappa shape index (κ3) is 9.58. The molecular weight excluding hydrogens is 474 g/mol. The molecule has 3 aromatic rings. The summed E-state index contributed by atoms with van der Waals surface area (Å²) in [6.45, 7) is 2.90. The molecule has 0 aliphatic heterocycles. The summed E-state index contributed by atoms with van der Waals surface area (Å²) in [6.07, 6.45) is 5.69. The van der Waals surface area contributed by atoms with E-state index >= 15 is 0 Å². The summed E-state index contributed by atoms with van der Waals surface area (Å²) in [5.41, 5.74) is 4.47. The van der Waals surface area contributed by atoms with E-state index < -0.39 is 6.04 Å². The first-order chi connectivity index (χ1) is 18.5. The van der Waals surface area contributed by atoms with Crippen LogP contribution in [0.15, 0.2) is 78.9 Å². The number of nitrogens with one attached hydrogen (secondary N) is 3. The Hall–Kier alpha value is -3.80. The second kappa shape index (κ2) is 15.5. The average molecular weight is 515 g/mol. The van der Waals surface area contributed by atoms with Crippen LogP contribution in [0.3, 0.4) is 0 Å². The minimum atomic E-state index is -0.629. The normalized spacial score (nSPS) is 12.3. The molecular formula is C32H40N3O3. The van der Waals surface area contributed by atoms with E-state index in [1.54, 1.807) is 14.2 Å². The maximum Gasteiger partial charge on any atom is 0.242 e. The van der Waals surface area contributed by atoms with Crippen molar-refractivity contribution in [3.63, 3.8) is 0 Å². The second-order valence-corrected chi connectivity index (χ2v) is 9.52. The summed E-state index contributed by atoms with van der Waals surface area (Å²) >= 11 is 0. The van der Waals surface area contributed by atoms with Crippen LogP contribution in [-0.4, -0.2) is 32.0 Å². The number of amides is 2. The van der Waals surface area contributed by atoms with E-state index in [1.807, 2.05) is 42.5 Å². The molecule has 1 radical (unpaired) electrons. The van der Waals surface area contributed by atoms with Crippen LogP contribution in [0, 0.1) is 12.3 Å². The highest BCUT2D eigenvalue weighted by Crippen LogP contribution is 2.20. The molecule has 3 N–H and O–H groups in total. The van der Waals surface area contributed by atoms with Crippen LogP contribution < -0.4 is 20.7 Å². The van der Waals surface area contributed by atoms with E-state index in [0.29, 0.717) is 12.8 Å². The smallest absolute Gasteiger partial charge is 0.242 e. The first-order valence-electron chi connectivity index (χ1n) is 13.3. The number of carbonyl (C=O) groups is 2. The molecule has 3 aromatic carbocycles. The summed E-state index contributed by atoms with van der Waals surface area (Å²) in [6, 6.07) is 25.7. The molecule has 0 aliphatic carbocycles. The molecule has 0 fully saturated rings. The van der Waals surface area contributed by atoms with Gasteiger partial charge in [-0.2, -0.15) is 0 Å². The first kappa shape index (κ1) is 28.8. The zero-order valence-electron chi connectivity index (χ0n) is 22.7. The SMILES string of the molecule is CCCC([CH]Cc1cccc(NCc2ccccc2)c1)CC(=O)NC(Cc1ccc(OC)cc1)C(=O)NC. The highest BCUT2D eigenvalue weighted by Gasteiger charge is 2.22. The van der Waals surface area contributed by atoms with Crippen LogP contribution in [0.5, 0.6) is 5.75 Å². The average Bonchev–Trinajstić information content (AvgIpc) is 2.95. The summed E-state index contributed by atoms with van der Waals surface area (Å²) < 4.78 is 5.21. The molecule has 38 heavy (non-hydrogen) atoms. The van der Waals surface area contributed by atoms with Crippen molar-refractivity contribution in [2.24, 2.45) is 5.92 Å². The Morgan fingerprint density at radius 1 is 0.921 bits per heavy atom. The molecule has 2 amide bonds. The molecule has 0 bridgehead atoms. The molecule has 0 aliphatic rings. The number of carbonyl (C=O) groups excluding carboxylic acids is 2. The Bertz CT molecular complexity index is 1130. The highest BCUT2D eigenvalue weighted by atomic mass is 16.5. The Kier molecular flexibility index (Phi) is 11.7. The largest absolute Gasteiger partial charge is 0.497 e. The lowest BCUT2D eigenvalue weighted by Crippen LogP contribution is -2.47. The fourth-order valence-corrected chi connectivity index (χ4v) is 4.46. The molecule has 0 heterocycles. The lowest BCUT2D eigenvalue weighted by atomic mass is 9.91. The fraction of sp³-hybridized carbons (Fsp3) is 0.344. The lowest BCUT2D eigenvalue weighted by molar-refractivity contribution is -0.129. The van der Waals surface area contributed by atoms with Gasteiger partial charge in [-0.15, -0.1) is 0 Å². The number of rotatable bonds is 15. The van der Waals surface area contributed by atoms with Gasteiger partial charge in [0.1, 0.15) is 11.8 Å². The molecule has 0 aromatic heterocycles. The topological polar surface area (TPSA) is 79.5 Å². The maximum absolute atomic E-state index is 13.0. The van der Waals surface area contributed by atoms with Crippen LogP contribution in [0.2, 0.25) is 0 Å². The predicted molar refractivity (Wildman–Crippen MR) is 154 cm³/mol. The zero-order valence-corrected chi connectivity index (χ0v) is 22.7. The molecule has 0 saturated heterocycles. The zero-order chi connectivity index (χ0) is 27.2. The van der Waals surface area contributed by atoms with Gasteiger partial charge in [0.2, 0.25) is 11.8 Å². The quantitative estimate of drug-likeness (QED) is 0.256. The highest BCUT2D eigenvalue weighted by molar-refractivity contribution is 5.87. The van der Waals surface area contributed by atoms with E-state index in [0.717, 1.165) is 42.8 Å². The second-order valence-electron chi connectivity index (χ2n) is 9.52. The third-order valence-electron chi connectivity index (χ3n) is 6.56. The Balaban J connectivity index is 1.54. The van der Waals surface area contributed by atoms with E-state index in [4.69, 9.17) is 4.74 Å². The van der Waals surface area contributed by atoms with Gasteiger partial charge in [0.25, 0.3) is 0 Å². The van der Waals surface area contributed by atoms with E-state index in [1.165, 1.54) is 11.1 Å². The lowest BCUT2D eigenvalue weighted by Gasteiger charge is -2.20. The number of benzene rings is 3. The molecule has 201 valence electrons. The minimum Gasteiger partial charge on any atom is -0.497 e. The van der Waals surface area contributed by atoms with Crippen molar-refractivity contribution in [2.75, 3.05) is 19.5 Å². The van der Waals surface area contributed by atoms with Gasteiger partial charge in [-0.05, 0) is 66.1 Å². The predicted octanol–water partition coefficient (Wildman–Crippen LogP) is 5.33. The standard InChI is InChI=1S/C32H40N3O3/c1-4-9-24(14-15-25-12-8-13-28(20-25)34-23-27-10-6-5-7-11-27)22-31(36)35-30(32(37)33-2)21-26-16-18-29(38-3)19-17-26/h5-8,10-14,16-20,24,30,34H,4,9,15,21-23H2,1-3H3,(H,33,37)(H,35,36). The van der Waals surface area contributed by atoms with Crippen molar-refractivity contribution in [1.82, 2.24) is 10.6 Å². The summed E-state index contributed by atoms with van der Waals surface area (Å²) in [4.78, 5) is 25.5. The third-order valence-corrected chi connectivity index (χ3v) is 6.56. The summed E-state index contributed by atoms with van der Waals surface area (Å²) in [5.74, 6) is 0.571. The van der Waals surface area contributed by atoms with Gasteiger partial charge in [-0.3, -0.25) is 9.59 Å². The molecule has 0 spiro atoms. The van der Waals surface area contributed by atoms with E-state index in [2.05, 4.69) is 65.7 Å². The van der Waals surface area contributed by atoms with Gasteiger partial charge in [-0.25, -0.2) is 0 Å². The number of hydrogen-bond donors (Lipinski definition) is 3. The van der Waals surface area contributed by atoms with E-state index in [9.17, 15) is 9.59 Å². The van der Waals surface area contributed by atoms with Crippen molar-refractivity contribution in [2.45, 2.75) is 51.6 Å². The maximum atomic E-state index is 13.0. The first-order valence-corrected chi connectivity index (χ1v) is 13.3. The van der Waals surface area contributed by atoms with Gasteiger partial charge < -0.3 is 20.7 Å². The summed E-state index contributed by atoms with van der Waals surface area (Å²) in [5, 5.41) is 9.12. The summed E-state index contributed by atoms with van der Waals surface area (Å²) in [7, 11) is 3.21. The van der Waals surface area contributed by atoms with Crippen LogP contribution >= 0.6 is 0 Å². The number of hydrogen-bond acceptors (Lipinski definition) is 4. The van der Waals surface area contributed by atoms with Crippen molar-refractivity contribution < 1.29 is 14.3 Å². The Labute approximate surface area is 227 Å². The van der Waals surface area contributed by atoms with Crippen molar-refractivity contribution in [3.8, 4) is 5.75 Å². The van der Waals surface area contributed by atoms with Crippen molar-refractivity contribution >= 4 is 17.5 Å². The molecule has 0 saturated carbocycles. The fourth-order valence-electron chi connectivity index (χ4n) is 4.46. The Morgan fingerprint density at radius 3 is 2.34 bits per heavy atom. The van der Waals surface area contributed by atoms with Crippen LogP contribution in [0.25, 0.3) is 0 Å². The van der Waals surface area contributed by atoms with Crippen LogP contribution in [0.4, 0.5) is 5.69 Å². The van der Waals surface area contributed by atoms with Gasteiger partial charge >= 0.3 is 0 Å². The van der Waals surface area contributed by atoms with Gasteiger partial charge in [0.05, 0.1) is 7.11 Å². The molecule has 2 unspecified atom stereocenters. The number of ether oxygens (including phenoxy) is 1. The van der Waals surface area contributed by atoms with Gasteiger partial charge in [-0.1, -0.05) is 67.9 Å². The molecule has 6 heteroatoms.